The maximum Gasteiger partial charge on any atom is 0.144 e. The number of nitrogens with zero attached hydrogens (tertiary/aromatic N) is 5. The summed E-state index contributed by atoms with van der Waals surface area (Å²) in [5.74, 6) is 0.589. The fraction of sp³-hybridized carbons (Fsp3) is 0.118. The summed E-state index contributed by atoms with van der Waals surface area (Å²) in [5.41, 5.74) is 3.35. The summed E-state index contributed by atoms with van der Waals surface area (Å²) in [6, 6.07) is 8.60. The number of imidazole rings is 1. The Morgan fingerprint density at radius 1 is 1.13 bits per heavy atom. The third kappa shape index (κ3) is 2.38. The number of hydrogen-bond donors (Lipinski definition) is 0. The van der Waals surface area contributed by atoms with Gasteiger partial charge in [-0.2, -0.15) is 5.10 Å². The number of halogens is 1. The molecule has 0 amide bonds. The number of aromatic nitrogens is 5. The van der Waals surface area contributed by atoms with Crippen LogP contribution in [0.2, 0.25) is 0 Å². The summed E-state index contributed by atoms with van der Waals surface area (Å²) in [4.78, 5) is 8.74. The molecule has 0 radical (unpaired) electrons. The van der Waals surface area contributed by atoms with E-state index in [1.165, 1.54) is 6.07 Å². The van der Waals surface area contributed by atoms with Crippen LogP contribution in [0.15, 0.2) is 55.1 Å². The molecule has 0 aliphatic carbocycles. The normalized spacial score (nSPS) is 11.2. The van der Waals surface area contributed by atoms with E-state index in [0.29, 0.717) is 12.1 Å². The number of pyridine rings is 1. The van der Waals surface area contributed by atoms with Crippen molar-refractivity contribution in [1.29, 1.82) is 0 Å². The van der Waals surface area contributed by atoms with E-state index in [1.807, 2.05) is 29.9 Å². The number of aryl methyl sites for hydroxylation is 1. The van der Waals surface area contributed by atoms with E-state index >= 15 is 0 Å². The van der Waals surface area contributed by atoms with Crippen LogP contribution >= 0.6 is 0 Å². The Bertz CT molecular complexity index is 985. The molecule has 0 N–H and O–H groups in total. The van der Waals surface area contributed by atoms with Crippen molar-refractivity contribution in [2.45, 2.75) is 6.54 Å². The minimum absolute atomic E-state index is 0.224. The molecular weight excluding hydrogens is 293 g/mol. The molecule has 0 fully saturated rings. The van der Waals surface area contributed by atoms with Gasteiger partial charge in [0, 0.05) is 25.0 Å². The van der Waals surface area contributed by atoms with Crippen LogP contribution in [0, 0.1) is 5.82 Å². The van der Waals surface area contributed by atoms with E-state index in [0.717, 1.165) is 22.4 Å². The molecule has 4 rings (SSSR count). The van der Waals surface area contributed by atoms with Gasteiger partial charge < -0.3 is 4.57 Å². The van der Waals surface area contributed by atoms with Crippen molar-refractivity contribution >= 4 is 11.0 Å². The zero-order valence-electron chi connectivity index (χ0n) is 12.5. The van der Waals surface area contributed by atoms with Crippen molar-refractivity contribution in [3.8, 4) is 11.4 Å². The van der Waals surface area contributed by atoms with Crippen LogP contribution in [0.1, 0.15) is 5.56 Å². The average molecular weight is 307 g/mol. The van der Waals surface area contributed by atoms with Gasteiger partial charge in [-0.1, -0.05) is 18.2 Å². The van der Waals surface area contributed by atoms with Crippen LogP contribution in [0.25, 0.3) is 22.4 Å². The fourth-order valence-electron chi connectivity index (χ4n) is 2.66. The van der Waals surface area contributed by atoms with Crippen molar-refractivity contribution in [1.82, 2.24) is 24.3 Å². The van der Waals surface area contributed by atoms with Gasteiger partial charge in [-0.05, 0) is 12.1 Å². The highest BCUT2D eigenvalue weighted by Crippen LogP contribution is 2.22. The molecule has 0 aliphatic heterocycles. The van der Waals surface area contributed by atoms with Crippen molar-refractivity contribution in [3.63, 3.8) is 0 Å². The SMILES string of the molecule is Cn1c(-c2cnn(Cc3ccccc3F)c2)nc2ccncc21. The Morgan fingerprint density at radius 3 is 2.83 bits per heavy atom. The number of rotatable bonds is 3. The minimum atomic E-state index is -0.224. The van der Waals surface area contributed by atoms with Gasteiger partial charge in [0.15, 0.2) is 0 Å². The second-order valence-electron chi connectivity index (χ2n) is 5.38. The summed E-state index contributed by atoms with van der Waals surface area (Å²) < 4.78 is 17.4. The molecule has 0 bridgehead atoms. The van der Waals surface area contributed by atoms with Crippen LogP contribution in [0.3, 0.4) is 0 Å². The lowest BCUT2D eigenvalue weighted by Gasteiger charge is -2.03. The third-order valence-corrected chi connectivity index (χ3v) is 3.86. The Balaban J connectivity index is 1.70. The lowest BCUT2D eigenvalue weighted by Crippen LogP contribution is -2.01. The van der Waals surface area contributed by atoms with Gasteiger partial charge >= 0.3 is 0 Å². The highest BCUT2D eigenvalue weighted by molar-refractivity contribution is 5.79. The molecule has 3 aromatic heterocycles. The average Bonchev–Trinajstić information content (AvgIpc) is 3.15. The molecule has 0 saturated heterocycles. The molecule has 6 heteroatoms. The van der Waals surface area contributed by atoms with Crippen molar-refractivity contribution in [2.24, 2.45) is 7.05 Å². The zero-order chi connectivity index (χ0) is 15.8. The smallest absolute Gasteiger partial charge is 0.144 e. The molecular formula is C17H14FN5. The number of fused-ring (bicyclic) bond motifs is 1. The maximum atomic E-state index is 13.7. The van der Waals surface area contributed by atoms with Crippen LogP contribution in [-0.4, -0.2) is 24.3 Å². The van der Waals surface area contributed by atoms with Crippen molar-refractivity contribution < 1.29 is 4.39 Å². The Morgan fingerprint density at radius 2 is 2.00 bits per heavy atom. The highest BCUT2D eigenvalue weighted by Gasteiger charge is 2.12. The first-order valence-corrected chi connectivity index (χ1v) is 7.25. The van der Waals surface area contributed by atoms with Crippen molar-refractivity contribution in [2.75, 3.05) is 0 Å². The van der Waals surface area contributed by atoms with Gasteiger partial charge in [-0.3, -0.25) is 9.67 Å². The lowest BCUT2D eigenvalue weighted by atomic mass is 10.2. The summed E-state index contributed by atoms with van der Waals surface area (Å²) in [6.07, 6.45) is 7.13. The number of benzene rings is 1. The summed E-state index contributed by atoms with van der Waals surface area (Å²) >= 11 is 0. The second-order valence-corrected chi connectivity index (χ2v) is 5.38. The lowest BCUT2D eigenvalue weighted by molar-refractivity contribution is 0.585. The predicted molar refractivity (Wildman–Crippen MR) is 85.2 cm³/mol. The van der Waals surface area contributed by atoms with E-state index in [9.17, 15) is 4.39 Å². The summed E-state index contributed by atoms with van der Waals surface area (Å²) in [6.45, 7) is 0.387. The largest absolute Gasteiger partial charge is 0.326 e. The summed E-state index contributed by atoms with van der Waals surface area (Å²) in [7, 11) is 1.94. The van der Waals surface area contributed by atoms with E-state index in [2.05, 4.69) is 15.1 Å². The molecule has 114 valence electrons. The topological polar surface area (TPSA) is 48.5 Å². The Kier molecular flexibility index (Phi) is 3.15. The standard InChI is InChI=1S/C17H14FN5/c1-22-16-9-19-7-6-15(16)21-17(22)13-8-20-23(11-13)10-12-4-2-3-5-14(12)18/h2-9,11H,10H2,1H3. The van der Waals surface area contributed by atoms with E-state index in [-0.39, 0.29) is 5.82 Å². The molecule has 5 nitrogen and oxygen atoms in total. The molecule has 0 spiro atoms. The quantitative estimate of drug-likeness (QED) is 0.584. The van der Waals surface area contributed by atoms with Gasteiger partial charge in [0.2, 0.25) is 0 Å². The van der Waals surface area contributed by atoms with E-state index in [4.69, 9.17) is 0 Å². The van der Waals surface area contributed by atoms with Gasteiger partial charge in [0.05, 0.1) is 35.5 Å². The molecule has 0 unspecified atom stereocenters. The molecule has 23 heavy (non-hydrogen) atoms. The fourth-order valence-corrected chi connectivity index (χ4v) is 2.66. The molecule has 3 heterocycles. The van der Waals surface area contributed by atoms with Crippen LogP contribution in [-0.2, 0) is 13.6 Å². The predicted octanol–water partition coefficient (Wildman–Crippen LogP) is 3.02. The molecule has 4 aromatic rings. The van der Waals surface area contributed by atoms with E-state index < -0.39 is 0 Å². The van der Waals surface area contributed by atoms with Gasteiger partial charge in [0.1, 0.15) is 11.6 Å². The maximum absolute atomic E-state index is 13.7. The van der Waals surface area contributed by atoms with Crippen LogP contribution < -0.4 is 0 Å². The highest BCUT2D eigenvalue weighted by atomic mass is 19.1. The first-order chi connectivity index (χ1) is 11.2. The van der Waals surface area contributed by atoms with Crippen LogP contribution in [0.5, 0.6) is 0 Å². The molecule has 0 saturated carbocycles. The van der Waals surface area contributed by atoms with Gasteiger partial charge in [-0.15, -0.1) is 0 Å². The molecule has 0 atom stereocenters. The minimum Gasteiger partial charge on any atom is -0.326 e. The van der Waals surface area contributed by atoms with Gasteiger partial charge in [0.25, 0.3) is 0 Å². The van der Waals surface area contributed by atoms with Crippen molar-refractivity contribution in [3.05, 3.63) is 66.5 Å². The Hall–Kier alpha value is -3.02. The summed E-state index contributed by atoms with van der Waals surface area (Å²) in [5, 5.41) is 4.32. The molecule has 1 aromatic carbocycles. The molecule has 0 aliphatic rings. The number of hydrogen-bond acceptors (Lipinski definition) is 3. The van der Waals surface area contributed by atoms with E-state index in [1.54, 1.807) is 35.4 Å². The second kappa shape index (κ2) is 5.31. The van der Waals surface area contributed by atoms with Crippen LogP contribution in [0.4, 0.5) is 4.39 Å². The monoisotopic (exact) mass is 307 g/mol. The first kappa shape index (κ1) is 13.6. The van der Waals surface area contributed by atoms with Gasteiger partial charge in [-0.25, -0.2) is 9.37 Å². The Labute approximate surface area is 132 Å². The first-order valence-electron chi connectivity index (χ1n) is 7.25. The third-order valence-electron chi connectivity index (χ3n) is 3.86. The zero-order valence-corrected chi connectivity index (χ0v) is 12.5.